The minimum Gasteiger partial charge on any atom is -0.478 e. The third-order valence-corrected chi connectivity index (χ3v) is 2.42. The molecule has 0 aliphatic heterocycles. The summed E-state index contributed by atoms with van der Waals surface area (Å²) in [6.45, 7) is 3.38. The minimum atomic E-state index is -1.30. The summed E-state index contributed by atoms with van der Waals surface area (Å²) >= 11 is 0. The molecule has 4 N–H and O–H groups in total. The van der Waals surface area contributed by atoms with E-state index >= 15 is 0 Å². The largest absolute Gasteiger partial charge is 0.478 e. The van der Waals surface area contributed by atoms with Crippen LogP contribution in [0.4, 0.5) is 15.8 Å². The molecule has 0 heterocycles. The number of hydrogen-bond acceptors (Lipinski definition) is 4. The standard InChI is InChI=1S/C12H17FN2O3/c1-12(2,18)6-15(3)8-5-4-7(13)10(14)9(8)11(16)17/h4-5,18H,6,14H2,1-3H3,(H,16,17). The lowest BCUT2D eigenvalue weighted by Crippen LogP contribution is -2.37. The molecule has 0 fully saturated rings. The molecule has 0 aliphatic carbocycles. The summed E-state index contributed by atoms with van der Waals surface area (Å²) in [6, 6.07) is 2.44. The molecule has 100 valence electrons. The smallest absolute Gasteiger partial charge is 0.340 e. The monoisotopic (exact) mass is 256 g/mol. The van der Waals surface area contributed by atoms with Crippen LogP contribution in [0.5, 0.6) is 0 Å². The topological polar surface area (TPSA) is 86.8 Å². The summed E-state index contributed by atoms with van der Waals surface area (Å²) in [4.78, 5) is 12.7. The van der Waals surface area contributed by atoms with Crippen LogP contribution in [0.25, 0.3) is 0 Å². The second kappa shape index (κ2) is 4.81. The number of hydrogen-bond donors (Lipinski definition) is 3. The van der Waals surface area contributed by atoms with Crippen molar-refractivity contribution < 1.29 is 19.4 Å². The highest BCUT2D eigenvalue weighted by Gasteiger charge is 2.23. The number of benzene rings is 1. The molecule has 1 aromatic carbocycles. The summed E-state index contributed by atoms with van der Waals surface area (Å²) in [7, 11) is 1.61. The first-order valence-electron chi connectivity index (χ1n) is 5.38. The van der Waals surface area contributed by atoms with E-state index in [0.29, 0.717) is 0 Å². The first-order chi connectivity index (χ1) is 8.13. The number of rotatable bonds is 4. The Labute approximate surface area is 105 Å². The van der Waals surface area contributed by atoms with E-state index in [1.807, 2.05) is 0 Å². The van der Waals surface area contributed by atoms with Gasteiger partial charge in [0.05, 0.1) is 17.0 Å². The summed E-state index contributed by atoms with van der Waals surface area (Å²) in [5, 5.41) is 18.8. The van der Waals surface area contributed by atoms with Crippen molar-refractivity contribution in [3.63, 3.8) is 0 Å². The van der Waals surface area contributed by atoms with Gasteiger partial charge in [0.15, 0.2) is 0 Å². The molecule has 0 bridgehead atoms. The summed E-state index contributed by atoms with van der Waals surface area (Å²) < 4.78 is 13.3. The molecule has 1 aromatic rings. The Balaban J connectivity index is 3.24. The first kappa shape index (κ1) is 14.2. The fourth-order valence-corrected chi connectivity index (χ4v) is 1.79. The Hall–Kier alpha value is -1.82. The van der Waals surface area contributed by atoms with Crippen LogP contribution in [-0.2, 0) is 0 Å². The number of likely N-dealkylation sites (N-methyl/N-ethyl adjacent to an activating group) is 1. The van der Waals surface area contributed by atoms with Crippen molar-refractivity contribution in [2.45, 2.75) is 19.4 Å². The number of aromatic carboxylic acids is 1. The van der Waals surface area contributed by atoms with Crippen LogP contribution in [0.1, 0.15) is 24.2 Å². The minimum absolute atomic E-state index is 0.193. The summed E-state index contributed by atoms with van der Waals surface area (Å²) in [5.74, 6) is -2.07. The lowest BCUT2D eigenvalue weighted by atomic mass is 10.1. The van der Waals surface area contributed by atoms with E-state index in [9.17, 15) is 14.3 Å². The molecule has 0 spiro atoms. The highest BCUT2D eigenvalue weighted by molar-refractivity contribution is 6.00. The van der Waals surface area contributed by atoms with E-state index < -0.39 is 23.1 Å². The Bertz CT molecular complexity index is 469. The molecular weight excluding hydrogens is 239 g/mol. The first-order valence-corrected chi connectivity index (χ1v) is 5.38. The molecule has 18 heavy (non-hydrogen) atoms. The second-order valence-corrected chi connectivity index (χ2v) is 4.83. The van der Waals surface area contributed by atoms with Gasteiger partial charge in [0, 0.05) is 13.6 Å². The summed E-state index contributed by atoms with van der Waals surface area (Å²) in [6.07, 6.45) is 0. The predicted octanol–water partition coefficient (Wildman–Crippen LogP) is 1.31. The zero-order valence-corrected chi connectivity index (χ0v) is 10.6. The average Bonchev–Trinajstić information content (AvgIpc) is 2.18. The lowest BCUT2D eigenvalue weighted by Gasteiger charge is -2.28. The van der Waals surface area contributed by atoms with Crippen molar-refractivity contribution in [2.75, 3.05) is 24.2 Å². The fraction of sp³-hybridized carbons (Fsp3) is 0.417. The van der Waals surface area contributed by atoms with Crippen LogP contribution in [0.3, 0.4) is 0 Å². The number of carboxylic acid groups (broad SMARTS) is 1. The van der Waals surface area contributed by atoms with Crippen molar-refractivity contribution in [3.05, 3.63) is 23.5 Å². The molecular formula is C12H17FN2O3. The maximum absolute atomic E-state index is 13.3. The fourth-order valence-electron chi connectivity index (χ4n) is 1.79. The molecule has 0 aliphatic rings. The molecule has 1 rings (SSSR count). The maximum Gasteiger partial charge on any atom is 0.340 e. The van der Waals surface area contributed by atoms with Crippen molar-refractivity contribution in [1.82, 2.24) is 0 Å². The van der Waals surface area contributed by atoms with Gasteiger partial charge < -0.3 is 20.8 Å². The van der Waals surface area contributed by atoms with Crippen molar-refractivity contribution in [3.8, 4) is 0 Å². The number of nitrogen functional groups attached to an aromatic ring is 1. The number of anilines is 2. The van der Waals surface area contributed by atoms with Crippen LogP contribution in [-0.4, -0.2) is 35.4 Å². The van der Waals surface area contributed by atoms with Gasteiger partial charge in [-0.1, -0.05) is 0 Å². The van der Waals surface area contributed by atoms with E-state index in [4.69, 9.17) is 10.8 Å². The second-order valence-electron chi connectivity index (χ2n) is 4.83. The van der Waals surface area contributed by atoms with E-state index in [0.717, 1.165) is 6.07 Å². The Morgan fingerprint density at radius 1 is 1.50 bits per heavy atom. The quantitative estimate of drug-likeness (QED) is 0.707. The van der Waals surface area contributed by atoms with Crippen molar-refractivity contribution in [2.24, 2.45) is 0 Å². The van der Waals surface area contributed by atoms with E-state index in [-0.39, 0.29) is 17.8 Å². The van der Waals surface area contributed by atoms with Gasteiger partial charge in [0.1, 0.15) is 11.4 Å². The molecule has 0 saturated carbocycles. The van der Waals surface area contributed by atoms with E-state index in [1.54, 1.807) is 20.9 Å². The molecule has 0 unspecified atom stereocenters. The van der Waals surface area contributed by atoms with Gasteiger partial charge in [-0.05, 0) is 26.0 Å². The zero-order chi connectivity index (χ0) is 14.1. The Kier molecular flexibility index (Phi) is 3.81. The van der Waals surface area contributed by atoms with Gasteiger partial charge in [0.2, 0.25) is 0 Å². The van der Waals surface area contributed by atoms with E-state index in [1.165, 1.54) is 11.0 Å². The normalized spacial score (nSPS) is 11.4. The molecule has 0 radical (unpaired) electrons. The van der Waals surface area contributed by atoms with Gasteiger partial charge in [-0.3, -0.25) is 0 Å². The maximum atomic E-state index is 13.3. The lowest BCUT2D eigenvalue weighted by molar-refractivity contribution is 0.0695. The number of nitrogens with two attached hydrogens (primary N) is 1. The van der Waals surface area contributed by atoms with Gasteiger partial charge in [-0.25, -0.2) is 9.18 Å². The Morgan fingerprint density at radius 3 is 2.50 bits per heavy atom. The highest BCUT2D eigenvalue weighted by Crippen LogP contribution is 2.28. The van der Waals surface area contributed by atoms with E-state index in [2.05, 4.69) is 0 Å². The zero-order valence-electron chi connectivity index (χ0n) is 10.6. The van der Waals surface area contributed by atoms with Crippen LogP contribution in [0.15, 0.2) is 12.1 Å². The SMILES string of the molecule is CN(CC(C)(C)O)c1ccc(F)c(N)c1C(=O)O. The van der Waals surface area contributed by atoms with Gasteiger partial charge in [0.25, 0.3) is 0 Å². The van der Waals surface area contributed by atoms with Gasteiger partial charge in [-0.2, -0.15) is 0 Å². The molecule has 6 heteroatoms. The number of carboxylic acids is 1. The van der Waals surface area contributed by atoms with Crippen molar-refractivity contribution in [1.29, 1.82) is 0 Å². The highest BCUT2D eigenvalue weighted by atomic mass is 19.1. The van der Waals surface area contributed by atoms with Gasteiger partial charge >= 0.3 is 5.97 Å². The third-order valence-electron chi connectivity index (χ3n) is 2.42. The molecule has 0 saturated heterocycles. The molecule has 5 nitrogen and oxygen atoms in total. The molecule has 0 aromatic heterocycles. The molecule has 0 atom stereocenters. The third kappa shape index (κ3) is 3.10. The number of halogens is 1. The number of nitrogens with zero attached hydrogens (tertiary/aromatic N) is 1. The Morgan fingerprint density at radius 2 is 2.06 bits per heavy atom. The van der Waals surface area contributed by atoms with Crippen LogP contribution in [0, 0.1) is 5.82 Å². The average molecular weight is 256 g/mol. The predicted molar refractivity (Wildman–Crippen MR) is 67.3 cm³/mol. The summed E-state index contributed by atoms with van der Waals surface area (Å²) in [5.41, 5.74) is 4.01. The van der Waals surface area contributed by atoms with Gasteiger partial charge in [-0.15, -0.1) is 0 Å². The number of aliphatic hydroxyl groups is 1. The van der Waals surface area contributed by atoms with Crippen molar-refractivity contribution >= 4 is 17.3 Å². The number of carbonyl (C=O) groups is 1. The van der Waals surface area contributed by atoms with Crippen LogP contribution < -0.4 is 10.6 Å². The molecule has 0 amide bonds. The van der Waals surface area contributed by atoms with Crippen LogP contribution in [0.2, 0.25) is 0 Å². The van der Waals surface area contributed by atoms with Crippen LogP contribution >= 0.6 is 0 Å².